The third-order valence-electron chi connectivity index (χ3n) is 8.41. The molecule has 51 heavy (non-hydrogen) atoms. The number of allylic oxidation sites excluding steroid dienone is 4. The Morgan fingerprint density at radius 3 is 2.27 bits per heavy atom. The first-order valence-electron chi connectivity index (χ1n) is 18.0. The Labute approximate surface area is 304 Å². The SMILES string of the molecule is CC.CC.CCC(C)c1cc(C(CNC(=O)c2cc(C)c(N)c(/C=N/N3CC3)c2)c2ccccc2)nc(C2=CCCC(F)=C2F)c1C.CN.CO. The molecule has 6 N–H and O–H groups in total. The third kappa shape index (κ3) is 12.1. The first-order chi connectivity index (χ1) is 24.7. The fourth-order valence-electron chi connectivity index (χ4n) is 5.45. The number of aliphatic hydroxyl groups excluding tert-OH is 1. The van der Waals surface area contributed by atoms with Crippen molar-refractivity contribution in [3.05, 3.63) is 111 Å². The third-order valence-corrected chi connectivity index (χ3v) is 8.41. The van der Waals surface area contributed by atoms with Crippen molar-refractivity contribution in [2.24, 2.45) is 10.8 Å². The van der Waals surface area contributed by atoms with Gasteiger partial charge >= 0.3 is 0 Å². The summed E-state index contributed by atoms with van der Waals surface area (Å²) in [6.45, 7) is 18.1. The van der Waals surface area contributed by atoms with Crippen LogP contribution in [0.4, 0.5) is 14.5 Å². The summed E-state index contributed by atoms with van der Waals surface area (Å²) < 4.78 is 29.5. The van der Waals surface area contributed by atoms with Gasteiger partial charge in [0, 0.05) is 48.4 Å². The maximum Gasteiger partial charge on any atom is 0.251 e. The molecule has 1 saturated heterocycles. The average molecular weight is 707 g/mol. The van der Waals surface area contributed by atoms with Crippen LogP contribution < -0.4 is 16.8 Å². The highest BCUT2D eigenvalue weighted by atomic mass is 19.2. The number of benzene rings is 2. The molecular formula is C41H60F2N6O2. The van der Waals surface area contributed by atoms with Gasteiger partial charge in [0.25, 0.3) is 5.91 Å². The zero-order valence-corrected chi connectivity index (χ0v) is 32.3. The number of aliphatic hydroxyl groups is 1. The van der Waals surface area contributed by atoms with Crippen LogP contribution in [0.2, 0.25) is 0 Å². The lowest BCUT2D eigenvalue weighted by Gasteiger charge is -2.24. The number of hydrogen-bond donors (Lipinski definition) is 4. The topological polar surface area (TPSA) is 130 Å². The van der Waals surface area contributed by atoms with E-state index in [0.29, 0.717) is 34.6 Å². The lowest BCUT2D eigenvalue weighted by atomic mass is 9.86. The van der Waals surface area contributed by atoms with Crippen molar-refractivity contribution in [2.45, 2.75) is 86.5 Å². The van der Waals surface area contributed by atoms with E-state index in [1.54, 1.807) is 24.4 Å². The van der Waals surface area contributed by atoms with E-state index in [4.69, 9.17) is 15.8 Å². The van der Waals surface area contributed by atoms with Crippen LogP contribution in [0, 0.1) is 13.8 Å². The molecule has 280 valence electrons. The molecular weight excluding hydrogens is 646 g/mol. The number of halogens is 2. The summed E-state index contributed by atoms with van der Waals surface area (Å²) in [6, 6.07) is 15.4. The van der Waals surface area contributed by atoms with E-state index < -0.39 is 11.7 Å². The predicted molar refractivity (Wildman–Crippen MR) is 210 cm³/mol. The number of aryl methyl sites for hydroxylation is 1. The number of anilines is 1. The monoisotopic (exact) mass is 706 g/mol. The minimum absolute atomic E-state index is 0.0569. The number of nitrogens with zero attached hydrogens (tertiary/aromatic N) is 3. The van der Waals surface area contributed by atoms with Gasteiger partial charge < -0.3 is 21.9 Å². The average Bonchev–Trinajstić information content (AvgIpc) is 4.02. The molecule has 0 bridgehead atoms. The van der Waals surface area contributed by atoms with Gasteiger partial charge in [0.1, 0.15) is 5.83 Å². The molecule has 1 aliphatic heterocycles. The van der Waals surface area contributed by atoms with Crippen LogP contribution in [0.25, 0.3) is 5.57 Å². The Kier molecular flexibility index (Phi) is 20.2. The van der Waals surface area contributed by atoms with E-state index in [0.717, 1.165) is 48.9 Å². The smallest absolute Gasteiger partial charge is 0.251 e. The van der Waals surface area contributed by atoms with Crippen LogP contribution in [0.1, 0.15) is 122 Å². The van der Waals surface area contributed by atoms with Gasteiger partial charge in [-0.1, -0.05) is 78.0 Å². The van der Waals surface area contributed by atoms with Gasteiger partial charge in [0.2, 0.25) is 0 Å². The van der Waals surface area contributed by atoms with Crippen molar-refractivity contribution >= 4 is 23.4 Å². The minimum atomic E-state index is -0.838. The first-order valence-corrected chi connectivity index (χ1v) is 18.0. The number of hydrazone groups is 1. The molecule has 0 radical (unpaired) electrons. The lowest BCUT2D eigenvalue weighted by molar-refractivity contribution is 0.0952. The molecule has 0 spiro atoms. The van der Waals surface area contributed by atoms with E-state index in [1.165, 1.54) is 7.05 Å². The largest absolute Gasteiger partial charge is 0.400 e. The first kappa shape index (κ1) is 44.6. The fourth-order valence-corrected chi connectivity index (χ4v) is 5.45. The van der Waals surface area contributed by atoms with Crippen molar-refractivity contribution in [1.82, 2.24) is 15.3 Å². The number of pyridine rings is 1. The zero-order valence-electron chi connectivity index (χ0n) is 32.3. The molecule has 1 amide bonds. The van der Waals surface area contributed by atoms with Gasteiger partial charge in [-0.05, 0) is 80.1 Å². The second-order valence-electron chi connectivity index (χ2n) is 11.5. The number of amides is 1. The number of carbonyl (C=O) groups excluding carboxylic acids is 1. The number of aromatic nitrogens is 1. The summed E-state index contributed by atoms with van der Waals surface area (Å²) in [6.07, 6.45) is 4.79. The number of rotatable bonds is 10. The molecule has 5 rings (SSSR count). The number of hydrogen-bond acceptors (Lipinski definition) is 7. The van der Waals surface area contributed by atoms with Crippen LogP contribution in [0.3, 0.4) is 0 Å². The Bertz CT molecular complexity index is 1620. The van der Waals surface area contributed by atoms with Crippen molar-refractivity contribution in [1.29, 1.82) is 0 Å². The van der Waals surface area contributed by atoms with E-state index in [9.17, 15) is 9.18 Å². The van der Waals surface area contributed by atoms with Crippen LogP contribution in [-0.4, -0.2) is 61.0 Å². The molecule has 2 aliphatic rings. The molecule has 2 unspecified atom stereocenters. The fraction of sp³-hybridized carbons (Fsp3) is 0.439. The molecule has 1 aliphatic carbocycles. The summed E-state index contributed by atoms with van der Waals surface area (Å²) in [5.41, 5.74) is 17.6. The molecule has 10 heteroatoms. The summed E-state index contributed by atoms with van der Waals surface area (Å²) in [4.78, 5) is 18.5. The number of nitrogen functional groups attached to an aromatic ring is 1. The quantitative estimate of drug-likeness (QED) is 0.0950. The van der Waals surface area contributed by atoms with Gasteiger partial charge in [0.05, 0.1) is 30.7 Å². The van der Waals surface area contributed by atoms with Gasteiger partial charge in [-0.2, -0.15) is 5.10 Å². The maximum absolute atomic E-state index is 15.1. The van der Waals surface area contributed by atoms with E-state index in [-0.39, 0.29) is 36.3 Å². The molecule has 2 aromatic carbocycles. The molecule has 3 aromatic rings. The van der Waals surface area contributed by atoms with E-state index in [2.05, 4.69) is 36.1 Å². The predicted octanol–water partition coefficient (Wildman–Crippen LogP) is 8.57. The van der Waals surface area contributed by atoms with Crippen LogP contribution in [0.15, 0.2) is 71.4 Å². The summed E-state index contributed by atoms with van der Waals surface area (Å²) >= 11 is 0. The van der Waals surface area contributed by atoms with Crippen molar-refractivity contribution < 1.29 is 18.7 Å². The molecule has 0 saturated carbocycles. The highest BCUT2D eigenvalue weighted by Gasteiger charge is 2.26. The van der Waals surface area contributed by atoms with Gasteiger partial charge in [0.15, 0.2) is 5.83 Å². The van der Waals surface area contributed by atoms with E-state index >= 15 is 4.39 Å². The normalized spacial score (nSPS) is 14.2. The lowest BCUT2D eigenvalue weighted by Crippen LogP contribution is -2.30. The molecule has 1 fully saturated rings. The number of nitrogens with one attached hydrogen (secondary N) is 1. The zero-order chi connectivity index (χ0) is 38.7. The summed E-state index contributed by atoms with van der Waals surface area (Å²) in [5, 5.41) is 16.4. The highest BCUT2D eigenvalue weighted by molar-refractivity contribution is 5.98. The van der Waals surface area contributed by atoms with Gasteiger partial charge in [-0.15, -0.1) is 0 Å². The van der Waals surface area contributed by atoms with Crippen molar-refractivity contribution in [3.63, 3.8) is 0 Å². The minimum Gasteiger partial charge on any atom is -0.400 e. The van der Waals surface area contributed by atoms with Crippen molar-refractivity contribution in [2.75, 3.05) is 39.5 Å². The van der Waals surface area contributed by atoms with Crippen LogP contribution in [0.5, 0.6) is 0 Å². The standard InChI is InChI=1S/C35H39F2N5O.2C2H6.CH5N.CH4O/c1-5-21(2)28-18-31(41-34(23(28)4)27-12-9-13-30(36)32(27)37)29(24-10-7-6-8-11-24)20-39-35(43)25-16-22(3)33(38)26(17-25)19-40-42-14-15-42;4*1-2/h6-8,10-12,16-19,21,29H,5,9,13-15,20,38H2,1-4H3,(H,39,43);2*1-2H3;2H2,1H3;2H,1H3/b40-19+;;;;. The second kappa shape index (κ2) is 23.1. The molecule has 1 aromatic heterocycles. The summed E-state index contributed by atoms with van der Waals surface area (Å²) in [5.74, 6) is -1.97. The Balaban J connectivity index is 0.00000152. The van der Waals surface area contributed by atoms with Crippen LogP contribution >= 0.6 is 0 Å². The Morgan fingerprint density at radius 2 is 1.69 bits per heavy atom. The van der Waals surface area contributed by atoms with Crippen molar-refractivity contribution in [3.8, 4) is 0 Å². The number of carbonyl (C=O) groups is 1. The Morgan fingerprint density at radius 1 is 1.06 bits per heavy atom. The van der Waals surface area contributed by atoms with Gasteiger partial charge in [-0.25, -0.2) is 8.78 Å². The van der Waals surface area contributed by atoms with Gasteiger partial charge in [-0.3, -0.25) is 14.8 Å². The summed E-state index contributed by atoms with van der Waals surface area (Å²) in [7, 11) is 2.50. The maximum atomic E-state index is 15.1. The second-order valence-corrected chi connectivity index (χ2v) is 11.5. The molecule has 2 atom stereocenters. The highest BCUT2D eigenvalue weighted by Crippen LogP contribution is 2.38. The number of nitrogens with two attached hydrogens (primary N) is 2. The molecule has 2 heterocycles. The Hall–Kier alpha value is -4.41. The van der Waals surface area contributed by atoms with Crippen LogP contribution in [-0.2, 0) is 0 Å². The van der Waals surface area contributed by atoms with E-state index in [1.807, 2.05) is 76.9 Å². The molecule has 8 nitrogen and oxygen atoms in total.